The van der Waals surface area contributed by atoms with Gasteiger partial charge in [0.25, 0.3) is 0 Å². The first-order chi connectivity index (χ1) is 8.13. The number of aliphatic hydroxyl groups is 1. The Labute approximate surface area is 108 Å². The smallest absolute Gasteiger partial charge is 0.145 e. The van der Waals surface area contributed by atoms with Crippen LogP contribution in [0.4, 0.5) is 0 Å². The van der Waals surface area contributed by atoms with Crippen molar-refractivity contribution in [2.45, 2.75) is 44.6 Å². The Balaban J connectivity index is 0.000000171. The van der Waals surface area contributed by atoms with Crippen LogP contribution in [-0.2, 0) is 4.79 Å². The summed E-state index contributed by atoms with van der Waals surface area (Å²) in [5.41, 5.74) is 1.86. The van der Waals surface area contributed by atoms with Crippen molar-refractivity contribution >= 4 is 17.9 Å². The molecule has 0 aliphatic heterocycles. The number of allylic oxidation sites excluding steroid dienone is 3. The summed E-state index contributed by atoms with van der Waals surface area (Å²) in [6, 6.07) is 0. The lowest BCUT2D eigenvalue weighted by molar-refractivity contribution is -0.105. The predicted octanol–water partition coefficient (Wildman–Crippen LogP) is 3.51. The molecule has 2 rings (SSSR count). The number of carbonyl (C=O) groups is 1. The van der Waals surface area contributed by atoms with Crippen molar-refractivity contribution in [1.82, 2.24) is 0 Å². The van der Waals surface area contributed by atoms with Gasteiger partial charge in [0.15, 0.2) is 0 Å². The SMILES string of the molecule is C=C1CCC(Cl)=CC1O.O=CC1=CCCCC1. The monoisotopic (exact) mass is 254 g/mol. The van der Waals surface area contributed by atoms with Crippen molar-refractivity contribution in [3.8, 4) is 0 Å². The van der Waals surface area contributed by atoms with E-state index < -0.39 is 6.10 Å². The second-order valence-electron chi connectivity index (χ2n) is 4.36. The molecule has 1 N–H and O–H groups in total. The Hall–Kier alpha value is -0.860. The lowest BCUT2D eigenvalue weighted by Gasteiger charge is -2.15. The number of hydrogen-bond donors (Lipinski definition) is 1. The summed E-state index contributed by atoms with van der Waals surface area (Å²) in [5, 5.41) is 9.83. The van der Waals surface area contributed by atoms with Gasteiger partial charge in [-0.15, -0.1) is 0 Å². The van der Waals surface area contributed by atoms with Gasteiger partial charge in [0, 0.05) is 5.03 Å². The molecule has 0 radical (unpaired) electrons. The molecule has 94 valence electrons. The first kappa shape index (κ1) is 14.2. The number of halogens is 1. The molecule has 0 saturated carbocycles. The quantitative estimate of drug-likeness (QED) is 0.574. The molecule has 3 heteroatoms. The zero-order valence-corrected chi connectivity index (χ0v) is 10.7. The molecular weight excluding hydrogens is 236 g/mol. The molecule has 2 aliphatic rings. The van der Waals surface area contributed by atoms with E-state index in [1.165, 1.54) is 12.8 Å². The Kier molecular flexibility index (Phi) is 6.23. The van der Waals surface area contributed by atoms with Crippen LogP contribution in [0, 0.1) is 0 Å². The van der Waals surface area contributed by atoms with Crippen LogP contribution < -0.4 is 0 Å². The average Bonchev–Trinajstić information content (AvgIpc) is 2.36. The number of rotatable bonds is 1. The van der Waals surface area contributed by atoms with Crippen LogP contribution >= 0.6 is 11.6 Å². The van der Waals surface area contributed by atoms with Crippen molar-refractivity contribution in [2.75, 3.05) is 0 Å². The summed E-state index contributed by atoms with van der Waals surface area (Å²) in [6.07, 6.45) is 10.3. The lowest BCUT2D eigenvalue weighted by atomic mass is 10.0. The second kappa shape index (κ2) is 7.46. The van der Waals surface area contributed by atoms with Crippen molar-refractivity contribution in [3.05, 3.63) is 34.9 Å². The molecule has 0 amide bonds. The summed E-state index contributed by atoms with van der Waals surface area (Å²) in [4.78, 5) is 10.1. The van der Waals surface area contributed by atoms with E-state index in [4.69, 9.17) is 16.7 Å². The zero-order chi connectivity index (χ0) is 12.7. The molecule has 17 heavy (non-hydrogen) atoms. The highest BCUT2D eigenvalue weighted by Crippen LogP contribution is 2.23. The number of carbonyl (C=O) groups excluding carboxylic acids is 1. The number of aliphatic hydroxyl groups excluding tert-OH is 1. The molecule has 1 atom stereocenters. The van der Waals surface area contributed by atoms with Crippen molar-refractivity contribution in [2.24, 2.45) is 0 Å². The fourth-order valence-corrected chi connectivity index (χ4v) is 1.98. The Bertz CT molecular complexity index is 342. The van der Waals surface area contributed by atoms with E-state index in [1.54, 1.807) is 6.08 Å². The molecule has 1 unspecified atom stereocenters. The third-order valence-electron chi connectivity index (χ3n) is 2.92. The molecule has 2 aliphatic carbocycles. The standard InChI is InChI=1S/C7H9ClO.C7H10O/c1-5-2-3-6(8)4-7(5)9;8-6-7-4-2-1-3-5-7/h4,7,9H,1-3H2;4,6H,1-3,5H2. The second-order valence-corrected chi connectivity index (χ2v) is 4.84. The van der Waals surface area contributed by atoms with Crippen LogP contribution in [0.2, 0.25) is 0 Å². The van der Waals surface area contributed by atoms with E-state index in [0.717, 1.165) is 48.1 Å². The van der Waals surface area contributed by atoms with Crippen molar-refractivity contribution in [1.29, 1.82) is 0 Å². The number of hydrogen-bond acceptors (Lipinski definition) is 2. The van der Waals surface area contributed by atoms with Gasteiger partial charge in [-0.3, -0.25) is 4.79 Å². The van der Waals surface area contributed by atoms with Gasteiger partial charge in [-0.25, -0.2) is 0 Å². The van der Waals surface area contributed by atoms with Gasteiger partial charge in [-0.05, 0) is 55.7 Å². The maximum absolute atomic E-state index is 10.1. The molecule has 0 spiro atoms. The summed E-state index contributed by atoms with van der Waals surface area (Å²) in [6.45, 7) is 3.68. The summed E-state index contributed by atoms with van der Waals surface area (Å²) in [5.74, 6) is 0. The Morgan fingerprint density at radius 3 is 2.53 bits per heavy atom. The first-order valence-corrected chi connectivity index (χ1v) is 6.37. The van der Waals surface area contributed by atoms with Crippen LogP contribution in [0.5, 0.6) is 0 Å². The van der Waals surface area contributed by atoms with E-state index in [0.29, 0.717) is 0 Å². The highest BCUT2D eigenvalue weighted by atomic mass is 35.5. The van der Waals surface area contributed by atoms with Crippen molar-refractivity contribution < 1.29 is 9.90 Å². The minimum absolute atomic E-state index is 0.508. The minimum Gasteiger partial charge on any atom is -0.385 e. The van der Waals surface area contributed by atoms with Gasteiger partial charge in [-0.2, -0.15) is 0 Å². The van der Waals surface area contributed by atoms with Gasteiger partial charge in [0.05, 0.1) is 6.10 Å². The maximum Gasteiger partial charge on any atom is 0.145 e. The van der Waals surface area contributed by atoms with E-state index >= 15 is 0 Å². The number of aldehydes is 1. The molecule has 0 aromatic carbocycles. The van der Waals surface area contributed by atoms with Gasteiger partial charge in [0.2, 0.25) is 0 Å². The lowest BCUT2D eigenvalue weighted by Crippen LogP contribution is -2.10. The molecule has 2 nitrogen and oxygen atoms in total. The molecule has 0 aromatic rings. The van der Waals surface area contributed by atoms with Gasteiger partial charge < -0.3 is 5.11 Å². The van der Waals surface area contributed by atoms with E-state index in [2.05, 4.69) is 6.58 Å². The zero-order valence-electron chi connectivity index (χ0n) is 9.99. The van der Waals surface area contributed by atoms with Crippen LogP contribution in [0.3, 0.4) is 0 Å². The van der Waals surface area contributed by atoms with Crippen LogP contribution in [-0.4, -0.2) is 17.5 Å². The molecule has 0 aromatic heterocycles. The van der Waals surface area contributed by atoms with Crippen molar-refractivity contribution in [3.63, 3.8) is 0 Å². The average molecular weight is 255 g/mol. The van der Waals surface area contributed by atoms with E-state index in [1.807, 2.05) is 6.08 Å². The van der Waals surface area contributed by atoms with E-state index in [9.17, 15) is 4.79 Å². The van der Waals surface area contributed by atoms with Gasteiger partial charge in [-0.1, -0.05) is 24.3 Å². The summed E-state index contributed by atoms with van der Waals surface area (Å²) in [7, 11) is 0. The normalized spacial score (nSPS) is 24.1. The molecule has 0 heterocycles. The fourth-order valence-electron chi connectivity index (χ4n) is 1.77. The maximum atomic E-state index is 10.1. The summed E-state index contributed by atoms with van der Waals surface area (Å²) < 4.78 is 0. The van der Waals surface area contributed by atoms with Gasteiger partial charge >= 0.3 is 0 Å². The Morgan fingerprint density at radius 1 is 1.35 bits per heavy atom. The van der Waals surface area contributed by atoms with Crippen LogP contribution in [0.1, 0.15) is 38.5 Å². The third kappa shape index (κ3) is 5.33. The van der Waals surface area contributed by atoms with Crippen LogP contribution in [0.25, 0.3) is 0 Å². The van der Waals surface area contributed by atoms with E-state index in [-0.39, 0.29) is 0 Å². The topological polar surface area (TPSA) is 37.3 Å². The largest absolute Gasteiger partial charge is 0.385 e. The predicted molar refractivity (Wildman–Crippen MR) is 70.9 cm³/mol. The molecule has 0 fully saturated rings. The molecule has 0 bridgehead atoms. The highest BCUT2D eigenvalue weighted by molar-refractivity contribution is 6.29. The first-order valence-electron chi connectivity index (χ1n) is 5.99. The van der Waals surface area contributed by atoms with Gasteiger partial charge in [0.1, 0.15) is 6.29 Å². The fraction of sp³-hybridized carbons (Fsp3) is 0.500. The third-order valence-corrected chi connectivity index (χ3v) is 3.23. The highest BCUT2D eigenvalue weighted by Gasteiger charge is 2.12. The molecule has 0 saturated heterocycles. The summed E-state index contributed by atoms with van der Waals surface area (Å²) >= 11 is 5.64. The van der Waals surface area contributed by atoms with Crippen LogP contribution in [0.15, 0.2) is 34.9 Å². The molecular formula is C14H19ClO2. The Morgan fingerprint density at radius 2 is 2.12 bits per heavy atom. The minimum atomic E-state index is -0.508.